The number of halogens is 1. The van der Waals surface area contributed by atoms with E-state index in [9.17, 15) is 4.79 Å². The minimum atomic E-state index is 0.0836. The highest BCUT2D eigenvalue weighted by atomic mass is 35.5. The van der Waals surface area contributed by atoms with E-state index < -0.39 is 0 Å². The van der Waals surface area contributed by atoms with Crippen molar-refractivity contribution >= 4 is 17.5 Å². The topological polar surface area (TPSA) is 71.3 Å². The van der Waals surface area contributed by atoms with Crippen LogP contribution in [0.15, 0.2) is 59.1 Å². The van der Waals surface area contributed by atoms with Crippen molar-refractivity contribution in [1.82, 2.24) is 20.4 Å². The van der Waals surface area contributed by atoms with Crippen molar-refractivity contribution in [3.63, 3.8) is 0 Å². The Labute approximate surface area is 187 Å². The van der Waals surface area contributed by atoms with E-state index in [1.165, 1.54) is 5.56 Å². The summed E-state index contributed by atoms with van der Waals surface area (Å²) in [6.07, 6.45) is 3.65. The highest BCUT2D eigenvalue weighted by Crippen LogP contribution is 2.21. The molecular formula is C24H27ClN4O2. The van der Waals surface area contributed by atoms with Crippen molar-refractivity contribution in [1.29, 1.82) is 0 Å². The van der Waals surface area contributed by atoms with E-state index in [4.69, 9.17) is 16.1 Å². The molecule has 0 unspecified atom stereocenters. The first-order valence-electron chi connectivity index (χ1n) is 10.8. The lowest BCUT2D eigenvalue weighted by Gasteiger charge is -2.30. The first-order chi connectivity index (χ1) is 15.2. The molecule has 1 fully saturated rings. The van der Waals surface area contributed by atoms with Gasteiger partial charge in [-0.25, -0.2) is 0 Å². The molecule has 0 saturated carbocycles. The number of hydrogen-bond acceptors (Lipinski definition) is 5. The number of rotatable bonds is 8. The first-order valence-corrected chi connectivity index (χ1v) is 11.2. The molecule has 2 aromatic carbocycles. The van der Waals surface area contributed by atoms with Crippen LogP contribution in [-0.4, -0.2) is 40.6 Å². The monoisotopic (exact) mass is 438 g/mol. The molecule has 1 N–H and O–H groups in total. The summed E-state index contributed by atoms with van der Waals surface area (Å²) in [5.41, 5.74) is 2.19. The van der Waals surface area contributed by atoms with Crippen molar-refractivity contribution in [3.8, 4) is 11.4 Å². The average molecular weight is 439 g/mol. The fraction of sp³-hybridized carbons (Fsp3) is 0.375. The molecule has 31 heavy (non-hydrogen) atoms. The number of nitrogens with one attached hydrogen (secondary N) is 1. The van der Waals surface area contributed by atoms with Gasteiger partial charge in [0.2, 0.25) is 17.6 Å². The van der Waals surface area contributed by atoms with Crippen LogP contribution in [0, 0.1) is 5.92 Å². The van der Waals surface area contributed by atoms with Gasteiger partial charge in [-0.1, -0.05) is 47.1 Å². The van der Waals surface area contributed by atoms with Gasteiger partial charge in [0.25, 0.3) is 0 Å². The van der Waals surface area contributed by atoms with E-state index in [0.29, 0.717) is 23.3 Å². The second-order valence-electron chi connectivity index (χ2n) is 7.95. The summed E-state index contributed by atoms with van der Waals surface area (Å²) in [6, 6.07) is 17.7. The number of likely N-dealkylation sites (tertiary alicyclic amines) is 1. The van der Waals surface area contributed by atoms with Crippen LogP contribution in [0.5, 0.6) is 0 Å². The Bertz CT molecular complexity index is 967. The lowest BCUT2D eigenvalue weighted by Crippen LogP contribution is -2.40. The van der Waals surface area contributed by atoms with Gasteiger partial charge in [-0.3, -0.25) is 9.69 Å². The first kappa shape index (κ1) is 21.5. The zero-order chi connectivity index (χ0) is 21.5. The van der Waals surface area contributed by atoms with Gasteiger partial charge in [-0.15, -0.1) is 0 Å². The minimum Gasteiger partial charge on any atom is -0.356 e. The van der Waals surface area contributed by atoms with Crippen molar-refractivity contribution in [2.75, 3.05) is 19.6 Å². The number of amides is 1. The van der Waals surface area contributed by atoms with Gasteiger partial charge < -0.3 is 9.84 Å². The Morgan fingerprint density at radius 2 is 1.84 bits per heavy atom. The van der Waals surface area contributed by atoms with Crippen molar-refractivity contribution in [2.24, 2.45) is 5.92 Å². The second-order valence-corrected chi connectivity index (χ2v) is 8.39. The van der Waals surface area contributed by atoms with E-state index >= 15 is 0 Å². The summed E-state index contributed by atoms with van der Waals surface area (Å²) in [6.45, 7) is 3.02. The molecule has 0 atom stereocenters. The normalized spacial score (nSPS) is 15.1. The molecule has 1 aliphatic rings. The summed E-state index contributed by atoms with van der Waals surface area (Å²) in [5, 5.41) is 7.85. The number of benzene rings is 2. The third-order valence-corrected chi connectivity index (χ3v) is 5.92. The quantitative estimate of drug-likeness (QED) is 0.529. The second kappa shape index (κ2) is 10.6. The molecule has 2 heterocycles. The van der Waals surface area contributed by atoms with Gasteiger partial charge in [0.15, 0.2) is 0 Å². The Kier molecular flexibility index (Phi) is 7.33. The van der Waals surface area contributed by atoms with Crippen molar-refractivity contribution in [2.45, 2.75) is 32.2 Å². The SMILES string of the molecule is O=C(NCCCc1ccccc1)C1CCN(Cc2nc(-c3ccc(Cl)cc3)no2)CC1. The minimum absolute atomic E-state index is 0.0836. The van der Waals surface area contributed by atoms with Gasteiger partial charge in [-0.05, 0) is 68.6 Å². The lowest BCUT2D eigenvalue weighted by molar-refractivity contribution is -0.126. The number of piperidine rings is 1. The number of carbonyl (C=O) groups is 1. The zero-order valence-corrected chi connectivity index (χ0v) is 18.2. The molecule has 0 spiro atoms. The molecule has 1 aromatic heterocycles. The van der Waals surface area contributed by atoms with Gasteiger partial charge in [-0.2, -0.15) is 4.98 Å². The van der Waals surface area contributed by atoms with Crippen LogP contribution in [0.1, 0.15) is 30.7 Å². The number of carbonyl (C=O) groups excluding carboxylic acids is 1. The predicted molar refractivity (Wildman–Crippen MR) is 121 cm³/mol. The van der Waals surface area contributed by atoms with Crippen molar-refractivity contribution < 1.29 is 9.32 Å². The Balaban J connectivity index is 1.17. The standard InChI is InChI=1S/C24H27ClN4O2/c25-21-10-8-19(9-11-21)23-27-22(31-28-23)17-29-15-12-20(13-16-29)24(30)26-14-4-7-18-5-2-1-3-6-18/h1-3,5-6,8-11,20H,4,7,12-17H2,(H,26,30). The molecule has 162 valence electrons. The summed E-state index contributed by atoms with van der Waals surface area (Å²) >= 11 is 5.93. The third-order valence-electron chi connectivity index (χ3n) is 5.67. The molecule has 0 aliphatic carbocycles. The fourth-order valence-corrected chi connectivity index (χ4v) is 4.00. The van der Waals surface area contributed by atoms with Gasteiger partial charge >= 0.3 is 0 Å². The van der Waals surface area contributed by atoms with Crippen LogP contribution in [0.4, 0.5) is 0 Å². The molecule has 0 radical (unpaired) electrons. The molecule has 1 saturated heterocycles. The molecule has 3 aromatic rings. The fourth-order valence-electron chi connectivity index (χ4n) is 3.87. The smallest absolute Gasteiger partial charge is 0.241 e. The Hall–Kier alpha value is -2.70. The van der Waals surface area contributed by atoms with E-state index in [2.05, 4.69) is 44.6 Å². The molecule has 0 bridgehead atoms. The maximum absolute atomic E-state index is 12.5. The van der Waals surface area contributed by atoms with E-state index in [0.717, 1.165) is 50.9 Å². The maximum Gasteiger partial charge on any atom is 0.241 e. The van der Waals surface area contributed by atoms with Crippen molar-refractivity contribution in [3.05, 3.63) is 71.1 Å². The molecule has 7 heteroatoms. The summed E-state index contributed by atoms with van der Waals surface area (Å²) < 4.78 is 5.41. The molecular weight excluding hydrogens is 412 g/mol. The number of hydrogen-bond donors (Lipinski definition) is 1. The number of nitrogens with zero attached hydrogens (tertiary/aromatic N) is 3. The maximum atomic E-state index is 12.5. The third kappa shape index (κ3) is 6.15. The molecule has 6 nitrogen and oxygen atoms in total. The molecule has 1 aliphatic heterocycles. The Morgan fingerprint density at radius 1 is 1.10 bits per heavy atom. The highest BCUT2D eigenvalue weighted by Gasteiger charge is 2.25. The summed E-state index contributed by atoms with van der Waals surface area (Å²) in [4.78, 5) is 19.2. The van der Waals surface area contributed by atoms with Gasteiger partial charge in [0, 0.05) is 23.0 Å². The van der Waals surface area contributed by atoms with Crippen LogP contribution in [0.25, 0.3) is 11.4 Å². The van der Waals surface area contributed by atoms with Gasteiger partial charge in [0.05, 0.1) is 6.54 Å². The number of aromatic nitrogens is 2. The number of aryl methyl sites for hydroxylation is 1. The lowest BCUT2D eigenvalue weighted by atomic mass is 9.96. The van der Waals surface area contributed by atoms with Crippen LogP contribution < -0.4 is 5.32 Å². The average Bonchev–Trinajstić information content (AvgIpc) is 3.27. The zero-order valence-electron chi connectivity index (χ0n) is 17.5. The summed E-state index contributed by atoms with van der Waals surface area (Å²) in [5.74, 6) is 1.42. The predicted octanol–water partition coefficient (Wildman–Crippen LogP) is 4.35. The Morgan fingerprint density at radius 3 is 2.58 bits per heavy atom. The van der Waals surface area contributed by atoms with Crippen LogP contribution in [-0.2, 0) is 17.8 Å². The van der Waals surface area contributed by atoms with E-state index in [-0.39, 0.29) is 11.8 Å². The highest BCUT2D eigenvalue weighted by molar-refractivity contribution is 6.30. The molecule has 1 amide bonds. The van der Waals surface area contributed by atoms with Crippen LogP contribution in [0.3, 0.4) is 0 Å². The van der Waals surface area contributed by atoms with Crippen LogP contribution >= 0.6 is 11.6 Å². The summed E-state index contributed by atoms with van der Waals surface area (Å²) in [7, 11) is 0. The van der Waals surface area contributed by atoms with Gasteiger partial charge in [0.1, 0.15) is 0 Å². The molecule has 4 rings (SSSR count). The van der Waals surface area contributed by atoms with E-state index in [1.54, 1.807) is 0 Å². The van der Waals surface area contributed by atoms with Crippen LogP contribution in [0.2, 0.25) is 5.02 Å². The van der Waals surface area contributed by atoms with E-state index in [1.807, 2.05) is 30.3 Å². The largest absolute Gasteiger partial charge is 0.356 e.